The summed E-state index contributed by atoms with van der Waals surface area (Å²) in [5, 5.41) is 2.63. The first-order valence-corrected chi connectivity index (χ1v) is 8.94. The second kappa shape index (κ2) is 9.00. The lowest BCUT2D eigenvalue weighted by molar-refractivity contribution is -0.141. The highest BCUT2D eigenvalue weighted by atomic mass is 79.9. The Morgan fingerprint density at radius 1 is 1.00 bits per heavy atom. The summed E-state index contributed by atoms with van der Waals surface area (Å²) in [6.07, 6.45) is 3.07. The van der Waals surface area contributed by atoms with Crippen molar-refractivity contribution >= 4 is 33.9 Å². The van der Waals surface area contributed by atoms with Gasteiger partial charge in [-0.25, -0.2) is 4.79 Å². The van der Waals surface area contributed by atoms with E-state index in [1.807, 2.05) is 30.3 Å². The molecule has 0 unspecified atom stereocenters. The summed E-state index contributed by atoms with van der Waals surface area (Å²) in [5.41, 5.74) is 1.23. The van der Waals surface area contributed by atoms with Gasteiger partial charge in [-0.15, -0.1) is 0 Å². The van der Waals surface area contributed by atoms with E-state index in [1.165, 1.54) is 6.26 Å². The van der Waals surface area contributed by atoms with Crippen LogP contribution in [0.25, 0.3) is 6.08 Å². The Kier molecular flexibility index (Phi) is 6.22. The van der Waals surface area contributed by atoms with E-state index >= 15 is 0 Å². The molecule has 0 atom stereocenters. The zero-order chi connectivity index (χ0) is 19.1. The normalized spacial score (nSPS) is 11.1. The Bertz CT molecular complexity index is 932. The molecule has 0 saturated carbocycles. The van der Waals surface area contributed by atoms with Gasteiger partial charge in [-0.05, 0) is 48.0 Å². The lowest BCUT2D eigenvalue weighted by Crippen LogP contribution is -2.28. The van der Waals surface area contributed by atoms with Crippen LogP contribution >= 0.6 is 15.9 Å². The van der Waals surface area contributed by atoms with Crippen LogP contribution in [-0.4, -0.2) is 11.9 Å². The van der Waals surface area contributed by atoms with Crippen LogP contribution in [0.5, 0.6) is 0 Å². The summed E-state index contributed by atoms with van der Waals surface area (Å²) in [6.45, 7) is -0.0217. The van der Waals surface area contributed by atoms with Gasteiger partial charge in [0.15, 0.2) is 0 Å². The number of halogens is 1. The number of benzene rings is 2. The van der Waals surface area contributed by atoms with Crippen molar-refractivity contribution in [2.24, 2.45) is 0 Å². The van der Waals surface area contributed by atoms with Crippen molar-refractivity contribution in [2.45, 2.75) is 6.61 Å². The van der Waals surface area contributed by atoms with Gasteiger partial charge in [0.2, 0.25) is 0 Å². The van der Waals surface area contributed by atoms with Gasteiger partial charge in [0.05, 0.1) is 6.26 Å². The van der Waals surface area contributed by atoms with E-state index in [-0.39, 0.29) is 12.3 Å². The largest absolute Gasteiger partial charge is 0.466 e. The van der Waals surface area contributed by atoms with Gasteiger partial charge in [0.1, 0.15) is 18.1 Å². The fraction of sp³-hybridized carbons (Fsp3) is 0.0476. The summed E-state index contributed by atoms with van der Waals surface area (Å²) >= 11 is 3.33. The van der Waals surface area contributed by atoms with Crippen LogP contribution in [0.2, 0.25) is 0 Å². The quantitative estimate of drug-likeness (QED) is 0.464. The van der Waals surface area contributed by atoms with Gasteiger partial charge in [-0.2, -0.15) is 0 Å². The van der Waals surface area contributed by atoms with Crippen LogP contribution in [-0.2, 0) is 16.1 Å². The fourth-order valence-corrected chi connectivity index (χ4v) is 2.53. The second-order valence-electron chi connectivity index (χ2n) is 5.59. The maximum Gasteiger partial charge on any atom is 0.355 e. The molecule has 2 aromatic carbocycles. The maximum atomic E-state index is 12.5. The molecule has 3 aromatic rings. The van der Waals surface area contributed by atoms with Crippen LogP contribution in [0.1, 0.15) is 21.7 Å². The first kappa shape index (κ1) is 18.7. The van der Waals surface area contributed by atoms with Gasteiger partial charge in [-0.3, -0.25) is 4.79 Å². The van der Waals surface area contributed by atoms with Crippen molar-refractivity contribution in [3.63, 3.8) is 0 Å². The smallest absolute Gasteiger partial charge is 0.355 e. The topological polar surface area (TPSA) is 68.5 Å². The maximum absolute atomic E-state index is 12.5. The SMILES string of the molecule is O=C(OCc1ccco1)/C(=C/c1ccccc1)NC(=O)c1ccc(Br)cc1. The summed E-state index contributed by atoms with van der Waals surface area (Å²) in [5.74, 6) is -0.540. The summed E-state index contributed by atoms with van der Waals surface area (Å²) in [6, 6.07) is 19.4. The molecule has 0 aliphatic rings. The fourth-order valence-electron chi connectivity index (χ4n) is 2.27. The number of hydrogen-bond acceptors (Lipinski definition) is 4. The van der Waals surface area contributed by atoms with Crippen molar-refractivity contribution in [2.75, 3.05) is 0 Å². The van der Waals surface area contributed by atoms with E-state index in [2.05, 4.69) is 21.2 Å². The third-order valence-electron chi connectivity index (χ3n) is 3.61. The molecule has 5 nitrogen and oxygen atoms in total. The standard InChI is InChI=1S/C21H16BrNO4/c22-17-10-8-16(9-11-17)20(24)23-19(13-15-5-2-1-3-6-15)21(25)27-14-18-7-4-12-26-18/h1-13H,14H2,(H,23,24)/b19-13-. The molecule has 1 amide bonds. The van der Waals surface area contributed by atoms with Crippen LogP contribution in [0.15, 0.2) is 87.6 Å². The van der Waals surface area contributed by atoms with Crippen LogP contribution < -0.4 is 5.32 Å². The number of nitrogens with one attached hydrogen (secondary N) is 1. The van der Waals surface area contributed by atoms with E-state index in [0.29, 0.717) is 11.3 Å². The molecule has 0 fully saturated rings. The Hall–Kier alpha value is -3.12. The number of furan rings is 1. The first-order chi connectivity index (χ1) is 13.1. The lowest BCUT2D eigenvalue weighted by atomic mass is 10.1. The van der Waals surface area contributed by atoms with Crippen molar-refractivity contribution in [3.05, 3.63) is 100 Å². The van der Waals surface area contributed by atoms with Crippen molar-refractivity contribution < 1.29 is 18.7 Å². The monoisotopic (exact) mass is 425 g/mol. The molecule has 0 aliphatic carbocycles. The Morgan fingerprint density at radius 2 is 1.74 bits per heavy atom. The van der Waals surface area contributed by atoms with Crippen molar-refractivity contribution in [1.82, 2.24) is 5.32 Å². The molecule has 6 heteroatoms. The molecule has 0 radical (unpaired) electrons. The Balaban J connectivity index is 1.78. The second-order valence-corrected chi connectivity index (χ2v) is 6.50. The molecule has 1 heterocycles. The number of ether oxygens (including phenoxy) is 1. The molecule has 0 spiro atoms. The summed E-state index contributed by atoms with van der Waals surface area (Å²) in [7, 11) is 0. The third-order valence-corrected chi connectivity index (χ3v) is 4.14. The minimum atomic E-state index is -0.652. The number of amides is 1. The van der Waals surface area contributed by atoms with Crippen LogP contribution in [0.3, 0.4) is 0 Å². The minimum Gasteiger partial charge on any atom is -0.466 e. The summed E-state index contributed by atoms with van der Waals surface area (Å²) < 4.78 is 11.3. The third kappa shape index (κ3) is 5.43. The van der Waals surface area contributed by atoms with Gasteiger partial charge in [0, 0.05) is 10.0 Å². The number of carbonyl (C=O) groups excluding carboxylic acids is 2. The van der Waals surface area contributed by atoms with E-state index < -0.39 is 11.9 Å². The molecule has 136 valence electrons. The number of hydrogen-bond donors (Lipinski definition) is 1. The average molecular weight is 426 g/mol. The highest BCUT2D eigenvalue weighted by Crippen LogP contribution is 2.13. The van der Waals surface area contributed by atoms with Gasteiger partial charge in [-0.1, -0.05) is 46.3 Å². The zero-order valence-electron chi connectivity index (χ0n) is 14.2. The lowest BCUT2D eigenvalue weighted by Gasteiger charge is -2.10. The molecule has 27 heavy (non-hydrogen) atoms. The van der Waals surface area contributed by atoms with Gasteiger partial charge < -0.3 is 14.5 Å². The van der Waals surface area contributed by atoms with Crippen molar-refractivity contribution in [3.8, 4) is 0 Å². The van der Waals surface area contributed by atoms with E-state index in [4.69, 9.17) is 9.15 Å². The number of rotatable bonds is 6. The number of esters is 1. The van der Waals surface area contributed by atoms with E-state index in [9.17, 15) is 9.59 Å². The molecule has 3 rings (SSSR count). The van der Waals surface area contributed by atoms with Gasteiger partial charge >= 0.3 is 5.97 Å². The van der Waals surface area contributed by atoms with Crippen molar-refractivity contribution in [1.29, 1.82) is 0 Å². The molecule has 1 N–H and O–H groups in total. The first-order valence-electron chi connectivity index (χ1n) is 8.15. The Labute approximate surface area is 164 Å². The predicted octanol–water partition coefficient (Wildman–Crippen LogP) is 4.56. The zero-order valence-corrected chi connectivity index (χ0v) is 15.8. The predicted molar refractivity (Wildman–Crippen MR) is 105 cm³/mol. The molecular formula is C21H16BrNO4. The highest BCUT2D eigenvalue weighted by Gasteiger charge is 2.16. The summed E-state index contributed by atoms with van der Waals surface area (Å²) in [4.78, 5) is 25.0. The highest BCUT2D eigenvalue weighted by molar-refractivity contribution is 9.10. The van der Waals surface area contributed by atoms with Crippen LogP contribution in [0.4, 0.5) is 0 Å². The number of carbonyl (C=O) groups is 2. The molecular weight excluding hydrogens is 410 g/mol. The van der Waals surface area contributed by atoms with Crippen LogP contribution in [0, 0.1) is 0 Å². The average Bonchev–Trinajstić information content (AvgIpc) is 3.20. The van der Waals surface area contributed by atoms with Gasteiger partial charge in [0.25, 0.3) is 5.91 Å². The molecule has 0 saturated heterocycles. The molecule has 1 aromatic heterocycles. The minimum absolute atomic E-state index is 0.0217. The van der Waals surface area contributed by atoms with E-state index in [1.54, 1.807) is 42.5 Å². The molecule has 0 bridgehead atoms. The molecule has 0 aliphatic heterocycles. The van der Waals surface area contributed by atoms with E-state index in [0.717, 1.165) is 10.0 Å². The Morgan fingerprint density at radius 3 is 2.41 bits per heavy atom.